The van der Waals surface area contributed by atoms with Crippen molar-refractivity contribution in [3.05, 3.63) is 56.9 Å². The molecule has 2 rings (SSSR count). The molecule has 0 saturated carbocycles. The second-order valence-electron chi connectivity index (χ2n) is 5.15. The first-order valence-electron chi connectivity index (χ1n) is 7.60. The highest BCUT2D eigenvalue weighted by atomic mass is 16.5. The molecule has 6 nitrogen and oxygen atoms in total. The minimum Gasteiger partial charge on any atom is -0.494 e. The quantitative estimate of drug-likeness (QED) is 0.852. The Balaban J connectivity index is 2.61. The van der Waals surface area contributed by atoms with E-state index in [-0.39, 0.29) is 23.2 Å². The van der Waals surface area contributed by atoms with Crippen LogP contribution in [0.1, 0.15) is 40.9 Å². The smallest absolute Gasteiger partial charge is 0.271 e. The molecule has 0 unspecified atom stereocenters. The Bertz CT molecular complexity index is 874. The summed E-state index contributed by atoms with van der Waals surface area (Å²) in [5.41, 5.74) is -0.245. The number of carbonyl (C=O) groups is 1. The van der Waals surface area contributed by atoms with Gasteiger partial charge in [-0.15, -0.1) is 0 Å². The lowest BCUT2D eigenvalue weighted by Gasteiger charge is -2.14. The zero-order valence-corrected chi connectivity index (χ0v) is 13.8. The molecule has 0 fully saturated rings. The first kappa shape index (κ1) is 17.3. The minimum absolute atomic E-state index is 0.0304. The number of ether oxygens (including phenoxy) is 1. The molecule has 0 amide bonds. The van der Waals surface area contributed by atoms with E-state index in [0.29, 0.717) is 17.9 Å². The van der Waals surface area contributed by atoms with Crippen LogP contribution in [-0.2, 0) is 6.54 Å². The van der Waals surface area contributed by atoms with E-state index in [1.54, 1.807) is 31.2 Å². The van der Waals surface area contributed by atoms with Gasteiger partial charge in [0.05, 0.1) is 12.2 Å². The average molecular weight is 326 g/mol. The lowest BCUT2D eigenvalue weighted by Crippen LogP contribution is -2.26. The van der Waals surface area contributed by atoms with E-state index in [4.69, 9.17) is 4.74 Å². The molecule has 0 atom stereocenters. The Morgan fingerprint density at radius 2 is 1.92 bits per heavy atom. The highest BCUT2D eigenvalue weighted by Gasteiger charge is 2.24. The highest BCUT2D eigenvalue weighted by molar-refractivity contribution is 6.11. The molecule has 0 radical (unpaired) electrons. The number of nitrogens with zero attached hydrogens (tertiary/aromatic N) is 2. The number of carbonyl (C=O) groups excluding carboxylic acids is 1. The van der Waals surface area contributed by atoms with Gasteiger partial charge in [-0.1, -0.05) is 0 Å². The Morgan fingerprint density at radius 1 is 1.29 bits per heavy atom. The standard InChI is InChI=1S/C18H18N2O4/c1-4-20-17(22)14(10-19)11(3)15(18(20)23)16(21)12-6-8-13(9-7-12)24-5-2/h6-9,23H,4-5H2,1-3H3. The Kier molecular flexibility index (Phi) is 5.05. The van der Waals surface area contributed by atoms with Crippen molar-refractivity contribution in [1.29, 1.82) is 5.26 Å². The molecule has 1 N–H and O–H groups in total. The molecule has 1 aromatic heterocycles. The third-order valence-electron chi connectivity index (χ3n) is 3.77. The van der Waals surface area contributed by atoms with Gasteiger partial charge in [0.25, 0.3) is 5.56 Å². The average Bonchev–Trinajstić information content (AvgIpc) is 2.56. The van der Waals surface area contributed by atoms with Crippen molar-refractivity contribution >= 4 is 5.78 Å². The second kappa shape index (κ2) is 7.01. The second-order valence-corrected chi connectivity index (χ2v) is 5.15. The predicted octanol–water partition coefficient (Wildman–Crippen LogP) is 2.38. The van der Waals surface area contributed by atoms with Crippen molar-refractivity contribution in [2.75, 3.05) is 6.61 Å². The number of ketones is 1. The van der Waals surface area contributed by atoms with E-state index in [0.717, 1.165) is 4.57 Å². The first-order valence-corrected chi connectivity index (χ1v) is 7.60. The van der Waals surface area contributed by atoms with E-state index >= 15 is 0 Å². The van der Waals surface area contributed by atoms with Crippen molar-refractivity contribution in [2.45, 2.75) is 27.3 Å². The van der Waals surface area contributed by atoms with Gasteiger partial charge in [0.2, 0.25) is 5.88 Å². The van der Waals surface area contributed by atoms with Crippen LogP contribution in [0.2, 0.25) is 0 Å². The number of nitriles is 1. The van der Waals surface area contributed by atoms with Crippen LogP contribution in [0.5, 0.6) is 11.6 Å². The molecule has 1 aromatic carbocycles. The predicted molar refractivity (Wildman–Crippen MR) is 88.5 cm³/mol. The normalized spacial score (nSPS) is 10.2. The lowest BCUT2D eigenvalue weighted by molar-refractivity contribution is 0.103. The monoisotopic (exact) mass is 326 g/mol. The number of pyridine rings is 1. The molecule has 0 aliphatic rings. The molecule has 1 heterocycles. The van der Waals surface area contributed by atoms with Gasteiger partial charge in [-0.05, 0) is 50.6 Å². The third kappa shape index (κ3) is 2.88. The fourth-order valence-electron chi connectivity index (χ4n) is 2.53. The van der Waals surface area contributed by atoms with Gasteiger partial charge in [0, 0.05) is 12.1 Å². The molecule has 24 heavy (non-hydrogen) atoms. The minimum atomic E-state index is -0.599. The van der Waals surface area contributed by atoms with Gasteiger partial charge in [0.15, 0.2) is 5.78 Å². The summed E-state index contributed by atoms with van der Waals surface area (Å²) in [5, 5.41) is 19.6. The third-order valence-corrected chi connectivity index (χ3v) is 3.77. The van der Waals surface area contributed by atoms with Crippen molar-refractivity contribution in [3.63, 3.8) is 0 Å². The van der Waals surface area contributed by atoms with Crippen molar-refractivity contribution in [2.24, 2.45) is 0 Å². The highest BCUT2D eigenvalue weighted by Crippen LogP contribution is 2.25. The van der Waals surface area contributed by atoms with Gasteiger partial charge in [0.1, 0.15) is 17.4 Å². The van der Waals surface area contributed by atoms with Gasteiger partial charge < -0.3 is 9.84 Å². The number of hydrogen-bond acceptors (Lipinski definition) is 5. The Hall–Kier alpha value is -3.07. The van der Waals surface area contributed by atoms with Crippen molar-refractivity contribution in [3.8, 4) is 17.7 Å². The maximum Gasteiger partial charge on any atom is 0.271 e. The number of benzene rings is 1. The molecule has 6 heteroatoms. The van der Waals surface area contributed by atoms with E-state index in [1.165, 1.54) is 6.92 Å². The Morgan fingerprint density at radius 3 is 2.42 bits per heavy atom. The van der Waals surface area contributed by atoms with Crippen LogP contribution >= 0.6 is 0 Å². The SMILES string of the molecule is CCOc1ccc(C(=O)c2c(C)c(C#N)c(=O)n(CC)c2O)cc1. The van der Waals surface area contributed by atoms with Crippen molar-refractivity contribution in [1.82, 2.24) is 4.57 Å². The largest absolute Gasteiger partial charge is 0.494 e. The molecule has 0 spiro atoms. The van der Waals surface area contributed by atoms with Crippen LogP contribution in [0, 0.1) is 18.3 Å². The maximum absolute atomic E-state index is 12.8. The van der Waals surface area contributed by atoms with Crippen molar-refractivity contribution < 1.29 is 14.6 Å². The molecule has 0 saturated heterocycles. The molecule has 0 bridgehead atoms. The van der Waals surface area contributed by atoms with Gasteiger partial charge in [-0.2, -0.15) is 5.26 Å². The van der Waals surface area contributed by atoms with E-state index < -0.39 is 17.2 Å². The summed E-state index contributed by atoms with van der Waals surface area (Å²) in [6.45, 7) is 5.67. The zero-order valence-electron chi connectivity index (χ0n) is 13.8. The number of aromatic nitrogens is 1. The van der Waals surface area contributed by atoms with Gasteiger partial charge >= 0.3 is 0 Å². The maximum atomic E-state index is 12.8. The van der Waals surface area contributed by atoms with Crippen LogP contribution in [0.25, 0.3) is 0 Å². The van der Waals surface area contributed by atoms with Crippen LogP contribution in [-0.4, -0.2) is 22.1 Å². The van der Waals surface area contributed by atoms with Crippen LogP contribution in [0.3, 0.4) is 0 Å². The van der Waals surface area contributed by atoms with Crippen LogP contribution in [0.4, 0.5) is 0 Å². The first-order chi connectivity index (χ1) is 11.5. The summed E-state index contributed by atoms with van der Waals surface area (Å²) in [6.07, 6.45) is 0. The summed E-state index contributed by atoms with van der Waals surface area (Å²) in [5.74, 6) is -0.240. The summed E-state index contributed by atoms with van der Waals surface area (Å²) >= 11 is 0. The molecule has 0 aliphatic carbocycles. The molecule has 124 valence electrons. The van der Waals surface area contributed by atoms with Crippen LogP contribution < -0.4 is 10.3 Å². The van der Waals surface area contributed by atoms with Gasteiger partial charge in [-0.3, -0.25) is 14.2 Å². The number of hydrogen-bond donors (Lipinski definition) is 1. The summed E-state index contributed by atoms with van der Waals surface area (Å²) < 4.78 is 6.35. The molecular formula is C18H18N2O4. The van der Waals surface area contributed by atoms with Gasteiger partial charge in [-0.25, -0.2) is 0 Å². The summed E-state index contributed by atoms with van der Waals surface area (Å²) in [7, 11) is 0. The number of aromatic hydroxyl groups is 1. The molecule has 2 aromatic rings. The summed E-state index contributed by atoms with van der Waals surface area (Å²) in [4.78, 5) is 24.9. The van der Waals surface area contributed by atoms with E-state index in [9.17, 15) is 20.0 Å². The number of rotatable bonds is 5. The summed E-state index contributed by atoms with van der Waals surface area (Å²) in [6, 6.07) is 8.30. The van der Waals surface area contributed by atoms with E-state index in [2.05, 4.69) is 0 Å². The molecule has 0 aliphatic heterocycles. The fourth-order valence-corrected chi connectivity index (χ4v) is 2.53. The fraction of sp³-hybridized carbons (Fsp3) is 0.278. The topological polar surface area (TPSA) is 92.3 Å². The van der Waals surface area contributed by atoms with E-state index in [1.807, 2.05) is 13.0 Å². The lowest BCUT2D eigenvalue weighted by atomic mass is 9.97. The Labute approximate surface area is 139 Å². The molecular weight excluding hydrogens is 308 g/mol. The zero-order chi connectivity index (χ0) is 17.9. The van der Waals surface area contributed by atoms with Crippen LogP contribution in [0.15, 0.2) is 29.1 Å².